The molecule has 1 aromatic carbocycles. The highest BCUT2D eigenvalue weighted by Crippen LogP contribution is 2.35. The topological polar surface area (TPSA) is 62.9 Å². The number of halogens is 3. The first-order valence-corrected chi connectivity index (χ1v) is 10.3. The van der Waals surface area contributed by atoms with Crippen molar-refractivity contribution in [2.75, 3.05) is 13.7 Å². The van der Waals surface area contributed by atoms with E-state index in [1.807, 2.05) is 18.2 Å². The van der Waals surface area contributed by atoms with Crippen LogP contribution >= 0.6 is 0 Å². The van der Waals surface area contributed by atoms with Gasteiger partial charge in [-0.05, 0) is 49.6 Å². The quantitative estimate of drug-likeness (QED) is 0.632. The van der Waals surface area contributed by atoms with Crippen molar-refractivity contribution < 1.29 is 23.0 Å². The van der Waals surface area contributed by atoms with Crippen LogP contribution in [-0.4, -0.2) is 38.3 Å². The van der Waals surface area contributed by atoms with Crippen molar-refractivity contribution in [2.45, 2.75) is 51.6 Å². The number of nitrogens with zero attached hydrogens (tertiary/aromatic N) is 4. The number of hydrogen-bond donors (Lipinski definition) is 1. The Morgan fingerprint density at radius 2 is 2.03 bits per heavy atom. The Balaban J connectivity index is 1.66. The van der Waals surface area contributed by atoms with E-state index in [0.29, 0.717) is 35.7 Å². The van der Waals surface area contributed by atoms with Gasteiger partial charge in [-0.1, -0.05) is 13.0 Å². The van der Waals surface area contributed by atoms with E-state index < -0.39 is 11.9 Å². The van der Waals surface area contributed by atoms with Gasteiger partial charge in [0.05, 0.1) is 25.5 Å². The molecule has 1 aliphatic heterocycles. The number of aliphatic hydroxyl groups is 1. The average molecular weight is 434 g/mol. The molecule has 0 radical (unpaired) electrons. The number of methoxy groups -OCH3 is 1. The number of likely N-dealkylation sites (tertiary alicyclic amines) is 1. The highest BCUT2D eigenvalue weighted by Gasteiger charge is 2.36. The van der Waals surface area contributed by atoms with E-state index in [1.54, 1.807) is 20.1 Å². The normalized spacial score (nSPS) is 17.5. The Bertz CT molecular complexity index is 1080. The fourth-order valence-electron chi connectivity index (χ4n) is 4.23. The van der Waals surface area contributed by atoms with Gasteiger partial charge in [0.2, 0.25) is 0 Å². The molecule has 166 valence electrons. The molecule has 0 bridgehead atoms. The number of aliphatic hydroxyl groups excluding tert-OH is 1. The molecule has 1 N–H and O–H groups in total. The van der Waals surface area contributed by atoms with E-state index in [-0.39, 0.29) is 18.3 Å². The zero-order valence-corrected chi connectivity index (χ0v) is 17.5. The Morgan fingerprint density at radius 3 is 2.71 bits per heavy atom. The highest BCUT2D eigenvalue weighted by atomic mass is 19.4. The molecule has 6 nitrogen and oxygen atoms in total. The molecular weight excluding hydrogens is 409 g/mol. The second kappa shape index (κ2) is 8.47. The summed E-state index contributed by atoms with van der Waals surface area (Å²) in [7, 11) is 1.56. The van der Waals surface area contributed by atoms with Crippen LogP contribution in [-0.2, 0) is 25.7 Å². The Labute approximate surface area is 178 Å². The first kappa shape index (κ1) is 21.6. The SMILES string of the molecule is CCc1cc(C(F)(F)F)n2nc([C@H]3CCCN3Cc3ccc(OC)c(CO)c3)cc2n1. The summed E-state index contributed by atoms with van der Waals surface area (Å²) in [6.45, 7) is 3.08. The predicted octanol–water partition coefficient (Wildman–Crippen LogP) is 4.15. The maximum atomic E-state index is 13.6. The second-order valence-corrected chi connectivity index (χ2v) is 7.76. The lowest BCUT2D eigenvalue weighted by atomic mass is 10.1. The third-order valence-electron chi connectivity index (χ3n) is 5.76. The lowest BCUT2D eigenvalue weighted by Gasteiger charge is -2.23. The van der Waals surface area contributed by atoms with Crippen LogP contribution < -0.4 is 4.74 Å². The predicted molar refractivity (Wildman–Crippen MR) is 109 cm³/mol. The number of rotatable bonds is 6. The van der Waals surface area contributed by atoms with E-state index in [1.165, 1.54) is 0 Å². The second-order valence-electron chi connectivity index (χ2n) is 7.76. The van der Waals surface area contributed by atoms with Crippen molar-refractivity contribution in [3.8, 4) is 5.75 Å². The highest BCUT2D eigenvalue weighted by molar-refractivity contribution is 5.43. The van der Waals surface area contributed by atoms with Crippen molar-refractivity contribution in [3.63, 3.8) is 0 Å². The third-order valence-corrected chi connectivity index (χ3v) is 5.76. The number of fused-ring (bicyclic) bond motifs is 1. The van der Waals surface area contributed by atoms with Crippen LogP contribution in [0, 0.1) is 0 Å². The third kappa shape index (κ3) is 4.24. The molecule has 0 saturated carbocycles. The Morgan fingerprint density at radius 1 is 1.23 bits per heavy atom. The number of aryl methyl sites for hydroxylation is 1. The Kier molecular flexibility index (Phi) is 5.90. The van der Waals surface area contributed by atoms with Gasteiger partial charge in [0, 0.05) is 23.9 Å². The van der Waals surface area contributed by atoms with Crippen LogP contribution in [0.2, 0.25) is 0 Å². The van der Waals surface area contributed by atoms with Gasteiger partial charge in [0.1, 0.15) is 11.4 Å². The molecule has 3 aromatic rings. The number of alkyl halides is 3. The van der Waals surface area contributed by atoms with E-state index in [4.69, 9.17) is 4.74 Å². The molecule has 2 aromatic heterocycles. The van der Waals surface area contributed by atoms with Crippen molar-refractivity contribution >= 4 is 5.65 Å². The summed E-state index contributed by atoms with van der Waals surface area (Å²) in [5.41, 5.74) is 2.12. The van der Waals surface area contributed by atoms with Gasteiger partial charge in [0.15, 0.2) is 5.65 Å². The zero-order valence-electron chi connectivity index (χ0n) is 17.5. The minimum atomic E-state index is -4.51. The van der Waals surface area contributed by atoms with E-state index in [9.17, 15) is 18.3 Å². The molecule has 0 unspecified atom stereocenters. The van der Waals surface area contributed by atoms with Gasteiger partial charge in [0.25, 0.3) is 0 Å². The number of hydrogen-bond acceptors (Lipinski definition) is 5. The van der Waals surface area contributed by atoms with Crippen LogP contribution in [0.1, 0.15) is 54.0 Å². The van der Waals surface area contributed by atoms with Gasteiger partial charge < -0.3 is 9.84 Å². The minimum Gasteiger partial charge on any atom is -0.496 e. The van der Waals surface area contributed by atoms with E-state index >= 15 is 0 Å². The van der Waals surface area contributed by atoms with E-state index in [2.05, 4.69) is 15.0 Å². The van der Waals surface area contributed by atoms with Crippen LogP contribution in [0.5, 0.6) is 5.75 Å². The Hall–Kier alpha value is -2.65. The van der Waals surface area contributed by atoms with Gasteiger partial charge in [-0.2, -0.15) is 18.3 Å². The molecule has 0 amide bonds. The summed E-state index contributed by atoms with van der Waals surface area (Å²) >= 11 is 0. The van der Waals surface area contributed by atoms with E-state index in [0.717, 1.165) is 35.5 Å². The first-order valence-electron chi connectivity index (χ1n) is 10.3. The monoisotopic (exact) mass is 434 g/mol. The number of ether oxygens (including phenoxy) is 1. The molecule has 4 rings (SSSR count). The van der Waals surface area contributed by atoms with Gasteiger partial charge in [-0.25, -0.2) is 9.50 Å². The summed E-state index contributed by atoms with van der Waals surface area (Å²) in [6, 6.07) is 8.31. The fraction of sp³-hybridized carbons (Fsp3) is 0.455. The molecule has 1 saturated heterocycles. The van der Waals surface area contributed by atoms with Crippen molar-refractivity contribution in [1.82, 2.24) is 19.5 Å². The van der Waals surface area contributed by atoms with Gasteiger partial charge in [-0.3, -0.25) is 4.90 Å². The molecule has 0 aliphatic carbocycles. The molecule has 31 heavy (non-hydrogen) atoms. The molecular formula is C22H25F3N4O2. The summed E-state index contributed by atoms with van der Waals surface area (Å²) in [5.74, 6) is 0.627. The summed E-state index contributed by atoms with van der Waals surface area (Å²) in [4.78, 5) is 6.56. The average Bonchev–Trinajstić information content (AvgIpc) is 3.38. The number of aromatic nitrogens is 3. The molecule has 3 heterocycles. The fourth-order valence-corrected chi connectivity index (χ4v) is 4.23. The maximum absolute atomic E-state index is 13.6. The van der Waals surface area contributed by atoms with Crippen LogP contribution in [0.25, 0.3) is 5.65 Å². The van der Waals surface area contributed by atoms with Crippen molar-refractivity contribution in [3.05, 3.63) is 58.5 Å². The molecule has 1 atom stereocenters. The molecule has 9 heteroatoms. The molecule has 1 fully saturated rings. The van der Waals surface area contributed by atoms with Crippen molar-refractivity contribution in [1.29, 1.82) is 0 Å². The molecule has 1 aliphatic rings. The van der Waals surface area contributed by atoms with Gasteiger partial charge in [-0.15, -0.1) is 0 Å². The zero-order chi connectivity index (χ0) is 22.2. The minimum absolute atomic E-state index is 0.0902. The van der Waals surface area contributed by atoms with Crippen LogP contribution in [0.3, 0.4) is 0 Å². The first-order chi connectivity index (χ1) is 14.8. The van der Waals surface area contributed by atoms with Crippen LogP contribution in [0.4, 0.5) is 13.2 Å². The summed E-state index contributed by atoms with van der Waals surface area (Å²) < 4.78 is 46.9. The maximum Gasteiger partial charge on any atom is 0.433 e. The van der Waals surface area contributed by atoms with Gasteiger partial charge >= 0.3 is 6.18 Å². The molecule has 0 spiro atoms. The summed E-state index contributed by atoms with van der Waals surface area (Å²) in [6.07, 6.45) is -2.34. The van der Waals surface area contributed by atoms with Crippen LogP contribution in [0.15, 0.2) is 30.3 Å². The smallest absolute Gasteiger partial charge is 0.433 e. The lowest BCUT2D eigenvalue weighted by Crippen LogP contribution is -2.23. The van der Waals surface area contributed by atoms with Crippen molar-refractivity contribution in [2.24, 2.45) is 0 Å². The lowest BCUT2D eigenvalue weighted by molar-refractivity contribution is -0.142. The summed E-state index contributed by atoms with van der Waals surface area (Å²) in [5, 5.41) is 13.9. The largest absolute Gasteiger partial charge is 0.496 e. The standard InChI is InChI=1S/C22H25F3N4O2/c1-3-16-10-20(22(23,24)25)29-21(26-16)11-17(27-29)18-5-4-8-28(18)12-14-6-7-19(31-2)15(9-14)13-30/h6-7,9-11,18,30H,3-5,8,12-13H2,1-2H3/t18-/m1/s1. The number of benzene rings is 1.